The van der Waals surface area contributed by atoms with E-state index in [1.165, 1.54) is 4.88 Å². The highest BCUT2D eigenvalue weighted by atomic mass is 32.1. The molecule has 0 radical (unpaired) electrons. The van der Waals surface area contributed by atoms with Gasteiger partial charge in [0.1, 0.15) is 16.5 Å². The number of morpholine rings is 1. The zero-order valence-corrected chi connectivity index (χ0v) is 17.8. The van der Waals surface area contributed by atoms with Gasteiger partial charge in [-0.25, -0.2) is 9.98 Å². The van der Waals surface area contributed by atoms with E-state index >= 15 is 0 Å². The molecule has 1 unspecified atom stereocenters. The van der Waals surface area contributed by atoms with Crippen LogP contribution in [0.15, 0.2) is 27.7 Å². The number of thiazole rings is 1. The van der Waals surface area contributed by atoms with Crippen LogP contribution < -0.4 is 10.6 Å². The molecule has 154 valence electrons. The van der Waals surface area contributed by atoms with E-state index in [-0.39, 0.29) is 6.04 Å². The molecule has 0 amide bonds. The van der Waals surface area contributed by atoms with E-state index in [9.17, 15) is 0 Å². The lowest BCUT2D eigenvalue weighted by atomic mass is 10.1. The minimum absolute atomic E-state index is 0.146. The van der Waals surface area contributed by atoms with E-state index in [0.29, 0.717) is 6.54 Å². The number of furan rings is 1. The number of ether oxygens (including phenoxy) is 1. The number of hydrogen-bond donors (Lipinski definition) is 2. The Morgan fingerprint density at radius 2 is 2.11 bits per heavy atom. The van der Waals surface area contributed by atoms with Gasteiger partial charge in [-0.15, -0.1) is 11.3 Å². The summed E-state index contributed by atoms with van der Waals surface area (Å²) in [4.78, 5) is 12.9. The fourth-order valence-corrected chi connectivity index (χ4v) is 3.98. The molecule has 3 heterocycles. The molecular weight excluding hydrogens is 374 g/mol. The van der Waals surface area contributed by atoms with Gasteiger partial charge < -0.3 is 19.8 Å². The largest absolute Gasteiger partial charge is 0.465 e. The summed E-state index contributed by atoms with van der Waals surface area (Å²) in [6.07, 6.45) is 2.97. The Hall–Kier alpha value is -1.90. The van der Waals surface area contributed by atoms with E-state index in [2.05, 4.69) is 40.4 Å². The Labute approximate surface area is 171 Å². The molecule has 0 bridgehead atoms. The van der Waals surface area contributed by atoms with Crippen molar-refractivity contribution in [3.8, 4) is 0 Å². The predicted molar refractivity (Wildman–Crippen MR) is 113 cm³/mol. The smallest absolute Gasteiger partial charge is 0.191 e. The van der Waals surface area contributed by atoms with Crippen LogP contribution in [0.4, 0.5) is 0 Å². The van der Waals surface area contributed by atoms with Crippen LogP contribution in [0.25, 0.3) is 0 Å². The normalized spacial score (nSPS) is 16.9. The van der Waals surface area contributed by atoms with Crippen LogP contribution in [-0.2, 0) is 17.7 Å². The third kappa shape index (κ3) is 5.80. The van der Waals surface area contributed by atoms with Crippen LogP contribution in [0.3, 0.4) is 0 Å². The Morgan fingerprint density at radius 1 is 1.29 bits per heavy atom. The van der Waals surface area contributed by atoms with E-state index in [1.807, 2.05) is 19.2 Å². The predicted octanol–water partition coefficient (Wildman–Crippen LogP) is 2.74. The van der Waals surface area contributed by atoms with Gasteiger partial charge in [-0.05, 0) is 32.4 Å². The summed E-state index contributed by atoms with van der Waals surface area (Å²) in [5.41, 5.74) is 0. The number of guanidine groups is 1. The average molecular weight is 406 g/mol. The fourth-order valence-electron chi connectivity index (χ4n) is 3.20. The van der Waals surface area contributed by atoms with Gasteiger partial charge in [0.05, 0.1) is 25.8 Å². The number of nitrogens with zero attached hydrogens (tertiary/aromatic N) is 3. The second-order valence-electron chi connectivity index (χ2n) is 6.76. The molecule has 0 saturated carbocycles. The first kappa shape index (κ1) is 20.8. The van der Waals surface area contributed by atoms with Crippen LogP contribution in [-0.4, -0.2) is 55.2 Å². The summed E-state index contributed by atoms with van der Waals surface area (Å²) in [5, 5.41) is 7.86. The highest BCUT2D eigenvalue weighted by Crippen LogP contribution is 2.23. The van der Waals surface area contributed by atoms with Gasteiger partial charge in [0, 0.05) is 37.3 Å². The summed E-state index contributed by atoms with van der Waals surface area (Å²) in [6, 6.07) is 4.24. The lowest BCUT2D eigenvalue weighted by Crippen LogP contribution is -2.46. The van der Waals surface area contributed by atoms with Gasteiger partial charge in [-0.2, -0.15) is 0 Å². The Balaban J connectivity index is 1.66. The number of aromatic nitrogens is 1. The summed E-state index contributed by atoms with van der Waals surface area (Å²) >= 11 is 1.73. The van der Waals surface area contributed by atoms with E-state index in [1.54, 1.807) is 11.3 Å². The summed E-state index contributed by atoms with van der Waals surface area (Å²) in [5.74, 6) is 2.72. The highest BCUT2D eigenvalue weighted by Gasteiger charge is 2.25. The van der Waals surface area contributed by atoms with Crippen molar-refractivity contribution in [3.63, 3.8) is 0 Å². The quantitative estimate of drug-likeness (QED) is 0.520. The maximum Gasteiger partial charge on any atom is 0.191 e. The molecule has 8 heteroatoms. The Kier molecular flexibility index (Phi) is 7.88. The number of aliphatic imine (C=N–C) groups is 1. The van der Waals surface area contributed by atoms with Gasteiger partial charge in [-0.1, -0.05) is 6.92 Å². The summed E-state index contributed by atoms with van der Waals surface area (Å²) < 4.78 is 11.5. The van der Waals surface area contributed by atoms with Crippen molar-refractivity contribution in [1.29, 1.82) is 0 Å². The van der Waals surface area contributed by atoms with Crippen LogP contribution in [0.1, 0.15) is 41.3 Å². The summed E-state index contributed by atoms with van der Waals surface area (Å²) in [6.45, 7) is 11.6. The molecule has 1 saturated heterocycles. The molecule has 0 spiro atoms. The molecule has 0 aliphatic carbocycles. The van der Waals surface area contributed by atoms with Crippen LogP contribution >= 0.6 is 11.3 Å². The van der Waals surface area contributed by atoms with Crippen molar-refractivity contribution in [2.45, 2.75) is 39.8 Å². The first-order valence-electron chi connectivity index (χ1n) is 10.0. The lowest BCUT2D eigenvalue weighted by Gasteiger charge is -2.33. The van der Waals surface area contributed by atoms with Crippen molar-refractivity contribution in [2.24, 2.45) is 4.99 Å². The molecule has 1 atom stereocenters. The first-order valence-corrected chi connectivity index (χ1v) is 10.8. The molecule has 1 aliphatic rings. The molecular formula is C20H31N5O2S. The molecule has 3 rings (SSSR count). The van der Waals surface area contributed by atoms with Gasteiger partial charge in [0.25, 0.3) is 0 Å². The maximum absolute atomic E-state index is 5.94. The van der Waals surface area contributed by atoms with Crippen molar-refractivity contribution in [1.82, 2.24) is 20.5 Å². The zero-order valence-electron chi connectivity index (χ0n) is 17.0. The molecule has 2 aromatic heterocycles. The summed E-state index contributed by atoms with van der Waals surface area (Å²) in [7, 11) is 0. The van der Waals surface area contributed by atoms with Crippen molar-refractivity contribution < 1.29 is 9.15 Å². The highest BCUT2D eigenvalue weighted by molar-refractivity contribution is 7.11. The number of nitrogens with one attached hydrogen (secondary N) is 2. The standard InChI is InChI=1S/C20H31N5O2S/c1-4-16-12-22-19(28-16)14-24-20(21-5-2)23-13-17(18-7-6-15(3)27-18)25-8-10-26-11-9-25/h6-7,12,17H,4-5,8-11,13-14H2,1-3H3,(H2,21,23,24). The van der Waals surface area contributed by atoms with Gasteiger partial charge in [0.15, 0.2) is 5.96 Å². The van der Waals surface area contributed by atoms with Crippen molar-refractivity contribution in [2.75, 3.05) is 39.4 Å². The lowest BCUT2D eigenvalue weighted by molar-refractivity contribution is 0.0124. The minimum Gasteiger partial charge on any atom is -0.465 e. The third-order valence-electron chi connectivity index (χ3n) is 4.71. The Bertz CT molecular complexity index is 751. The molecule has 0 aromatic carbocycles. The minimum atomic E-state index is 0.146. The topological polar surface area (TPSA) is 74.9 Å². The molecule has 2 N–H and O–H groups in total. The molecule has 7 nitrogen and oxygen atoms in total. The van der Waals surface area contributed by atoms with E-state index < -0.39 is 0 Å². The van der Waals surface area contributed by atoms with E-state index in [0.717, 1.165) is 68.3 Å². The van der Waals surface area contributed by atoms with Crippen molar-refractivity contribution >= 4 is 17.3 Å². The van der Waals surface area contributed by atoms with Crippen LogP contribution in [0, 0.1) is 6.92 Å². The van der Waals surface area contributed by atoms with Gasteiger partial charge >= 0.3 is 0 Å². The monoisotopic (exact) mass is 405 g/mol. The third-order valence-corrected chi connectivity index (χ3v) is 5.83. The molecule has 1 aliphatic heterocycles. The Morgan fingerprint density at radius 3 is 2.75 bits per heavy atom. The molecule has 1 fully saturated rings. The average Bonchev–Trinajstić information content (AvgIpc) is 3.36. The SMILES string of the molecule is CCNC(=NCc1ncc(CC)s1)NCC(c1ccc(C)o1)N1CCOCC1. The fraction of sp³-hybridized carbons (Fsp3) is 0.600. The second kappa shape index (κ2) is 10.6. The van der Waals surface area contributed by atoms with Crippen molar-refractivity contribution in [3.05, 3.63) is 39.7 Å². The van der Waals surface area contributed by atoms with Gasteiger partial charge in [-0.3, -0.25) is 4.90 Å². The van der Waals surface area contributed by atoms with Gasteiger partial charge in [0.2, 0.25) is 0 Å². The number of hydrogen-bond acceptors (Lipinski definition) is 6. The van der Waals surface area contributed by atoms with Crippen LogP contribution in [0.5, 0.6) is 0 Å². The molecule has 28 heavy (non-hydrogen) atoms. The molecule has 2 aromatic rings. The number of rotatable bonds is 8. The van der Waals surface area contributed by atoms with Crippen LogP contribution in [0.2, 0.25) is 0 Å². The first-order chi connectivity index (χ1) is 13.7. The zero-order chi connectivity index (χ0) is 19.8. The van der Waals surface area contributed by atoms with E-state index in [4.69, 9.17) is 14.1 Å². The second-order valence-corrected chi connectivity index (χ2v) is 7.96. The maximum atomic E-state index is 5.94. The number of aryl methyl sites for hydroxylation is 2.